The summed E-state index contributed by atoms with van der Waals surface area (Å²) in [7, 11) is 0. The van der Waals surface area contributed by atoms with E-state index in [9.17, 15) is 0 Å². The van der Waals surface area contributed by atoms with Gasteiger partial charge >= 0.3 is 0 Å². The number of hydrogen-bond donors (Lipinski definition) is 0. The molecule has 0 amide bonds. The highest BCUT2D eigenvalue weighted by Crippen LogP contribution is 2.57. The van der Waals surface area contributed by atoms with Crippen molar-refractivity contribution in [2.75, 3.05) is 0 Å². The second-order valence-electron chi connectivity index (χ2n) is 34.6. The highest BCUT2D eigenvalue weighted by molar-refractivity contribution is 7.27. The summed E-state index contributed by atoms with van der Waals surface area (Å²) < 4.78 is 13.1. The van der Waals surface area contributed by atoms with Gasteiger partial charge in [0.05, 0.1) is 16.4 Å². The van der Waals surface area contributed by atoms with Crippen LogP contribution in [0.2, 0.25) is 0 Å². The molecule has 0 bridgehead atoms. The Morgan fingerprint density at radius 3 is 0.992 bits per heavy atom. The number of benzene rings is 22. The van der Waals surface area contributed by atoms with Gasteiger partial charge in [0.25, 0.3) is 0 Å². The third kappa shape index (κ3) is 12.7. The molecule has 1 aliphatic carbocycles. The van der Waals surface area contributed by atoms with Crippen molar-refractivity contribution in [2.45, 2.75) is 5.41 Å². The lowest BCUT2D eigenvalue weighted by Crippen LogP contribution is -2.28. The van der Waals surface area contributed by atoms with Gasteiger partial charge in [-0.3, -0.25) is 0 Å². The van der Waals surface area contributed by atoms with Gasteiger partial charge in [0, 0.05) is 103 Å². The number of para-hydroxylation sites is 1. The predicted molar refractivity (Wildman–Crippen MR) is 573 cm³/mol. The second kappa shape index (κ2) is 31.9. The van der Waals surface area contributed by atoms with Crippen LogP contribution >= 0.6 is 45.3 Å². The number of aromatic nitrogens is 1. The summed E-state index contributed by atoms with van der Waals surface area (Å²) in [6, 6.07) is 176. The van der Waals surface area contributed by atoms with Gasteiger partial charge in [-0.2, -0.15) is 0 Å². The Bertz CT molecular complexity index is 9020. The summed E-state index contributed by atoms with van der Waals surface area (Å²) in [6.07, 6.45) is 0. The quantitative estimate of drug-likeness (QED) is 0.120. The zero-order valence-corrected chi connectivity index (χ0v) is 75.0. The lowest BCUT2D eigenvalue weighted by atomic mass is 9.67. The topological polar surface area (TPSA) is 4.93 Å². The largest absolute Gasteiger partial charge is 0.309 e. The summed E-state index contributed by atoms with van der Waals surface area (Å²) in [6.45, 7) is 0. The maximum atomic E-state index is 2.42. The molecule has 0 saturated heterocycles. The van der Waals surface area contributed by atoms with E-state index in [1.165, 1.54) is 252 Å². The Morgan fingerprint density at radius 1 is 0.152 bits per heavy atom. The van der Waals surface area contributed by atoms with Crippen molar-refractivity contribution in [3.63, 3.8) is 0 Å². The molecule has 0 fully saturated rings. The monoisotopic (exact) mass is 1750 g/mol. The summed E-state index contributed by atoms with van der Waals surface area (Å²) in [4.78, 5) is 0. The molecule has 0 aliphatic heterocycles. The van der Waals surface area contributed by atoms with Crippen LogP contribution in [0.1, 0.15) is 22.3 Å². The first-order valence-electron chi connectivity index (χ1n) is 45.2. The van der Waals surface area contributed by atoms with E-state index >= 15 is 0 Å². The van der Waals surface area contributed by atoms with Gasteiger partial charge in [0.2, 0.25) is 0 Å². The summed E-state index contributed by atoms with van der Waals surface area (Å²) >= 11 is 7.57. The zero-order chi connectivity index (χ0) is 86.9. The molecule has 5 aromatic heterocycles. The first-order valence-corrected chi connectivity index (χ1v) is 48.5. The van der Waals surface area contributed by atoms with Crippen LogP contribution < -0.4 is 0 Å². The molecule has 27 aromatic rings. The van der Waals surface area contributed by atoms with Crippen molar-refractivity contribution in [3.05, 3.63) is 501 Å². The van der Waals surface area contributed by atoms with Crippen molar-refractivity contribution in [3.8, 4) is 94.7 Å². The van der Waals surface area contributed by atoms with Crippen molar-refractivity contribution < 1.29 is 0 Å². The average molecular weight is 1750 g/mol. The van der Waals surface area contributed by atoms with E-state index < -0.39 is 5.41 Å². The van der Waals surface area contributed by atoms with Gasteiger partial charge in [-0.05, 0) is 229 Å². The fraction of sp³-hybridized carbons (Fsp3) is 0.00787. The normalized spacial score (nSPS) is 12.3. The molecule has 28 rings (SSSR count). The molecule has 0 radical (unpaired) electrons. The van der Waals surface area contributed by atoms with Gasteiger partial charge in [0.1, 0.15) is 0 Å². The highest BCUT2D eigenvalue weighted by Gasteiger charge is 2.46. The van der Waals surface area contributed by atoms with Gasteiger partial charge in [-0.1, -0.05) is 388 Å². The Kier molecular flexibility index (Phi) is 18.7. The second-order valence-corrected chi connectivity index (χ2v) is 38.8. The molecule has 0 unspecified atom stereocenters. The maximum Gasteiger partial charge on any atom is 0.0713 e. The fourth-order valence-electron chi connectivity index (χ4n) is 21.4. The van der Waals surface area contributed by atoms with Gasteiger partial charge in [-0.25, -0.2) is 0 Å². The minimum Gasteiger partial charge on any atom is -0.309 e. The van der Waals surface area contributed by atoms with Crippen molar-refractivity contribution in [2.24, 2.45) is 0 Å². The Balaban J connectivity index is 0.000000105. The van der Waals surface area contributed by atoms with Crippen molar-refractivity contribution in [1.29, 1.82) is 0 Å². The molecule has 0 spiro atoms. The van der Waals surface area contributed by atoms with E-state index in [2.05, 4.69) is 484 Å². The predicted octanol–water partition coefficient (Wildman–Crippen LogP) is 37.1. The Labute approximate surface area is 779 Å². The standard InChI is InChI=1S/C49H32S.C42H25NS2.C36H22S/c1-4-14-33(15-5-1)36-26-29-47-43(30-36)44-32-37(34-16-6-2-7-17-34)31-42(48(44)50-47)35-24-27-39(28-25-35)49(38-18-8-3-9-19-38)45-22-12-10-20-40(45)41-21-11-13-23-46(41)49;1-2-10-28(11-3-1)43-37-22-20-26(29-14-8-16-33-31-12-4-6-18-39(31)44-41(29)33)24-35(37)36-25-27(21-23-38(36)43)30-15-9-17-34-32-13-5-7-19-40(32)45-42(30)34;1-2-13-29-27(11-1)28-12-3-4-14-30(28)34-22-24(19-20-31(29)34)23-9-7-10-25(21-23)26-16-8-17-33-32-15-5-6-18-35(32)37-36(26)33/h1-32H;1-25H;1-22H. The van der Waals surface area contributed by atoms with E-state index in [4.69, 9.17) is 0 Å². The number of thiophene rings is 4. The SMILES string of the molecule is c1cc(-c2ccc3c4ccccc4c4ccccc4c3c2)cc(-c2cccc3c2sc2ccccc23)c1.c1ccc(-c2ccc3sc4c(-c5ccc(C6(c7ccccc7)c7ccccc7-c7ccccc76)cc5)cc(-c5ccccc5)cc4c3c2)cc1.c1ccc(-n2c3ccc(-c4cccc5c4sc4ccccc45)cc3c3cc(-c4cccc5c4sc4ccccc45)ccc32)cc1. The average Bonchev–Trinajstić information content (AvgIpc) is 1.53. The summed E-state index contributed by atoms with van der Waals surface area (Å²) in [5.41, 5.74) is 28.7. The zero-order valence-electron chi connectivity index (χ0n) is 71.7. The first kappa shape index (κ1) is 77.4. The molecule has 5 heteroatoms. The minimum absolute atomic E-state index is 0.403. The van der Waals surface area contributed by atoms with Crippen LogP contribution in [0.5, 0.6) is 0 Å². The lowest BCUT2D eigenvalue weighted by Gasteiger charge is -2.34. The molecule has 132 heavy (non-hydrogen) atoms. The molecule has 1 nitrogen and oxygen atoms in total. The van der Waals surface area contributed by atoms with E-state index in [1.807, 2.05) is 45.3 Å². The van der Waals surface area contributed by atoms with Crippen LogP contribution in [0, 0.1) is 0 Å². The minimum atomic E-state index is -0.403. The molecule has 22 aromatic carbocycles. The van der Waals surface area contributed by atoms with Gasteiger partial charge in [0.15, 0.2) is 0 Å². The van der Waals surface area contributed by atoms with Crippen molar-refractivity contribution >= 4 is 180 Å². The fourth-order valence-corrected chi connectivity index (χ4v) is 26.3. The molecular formula is C127H79NS4. The van der Waals surface area contributed by atoms with E-state index in [1.54, 1.807) is 0 Å². The summed E-state index contributed by atoms with van der Waals surface area (Å²) in [5, 5.41) is 21.0. The molecule has 0 atom stereocenters. The number of hydrogen-bond acceptors (Lipinski definition) is 4. The smallest absolute Gasteiger partial charge is 0.0713 e. The molecule has 1 aliphatic rings. The third-order valence-electron chi connectivity index (χ3n) is 27.4. The number of nitrogens with zero attached hydrogens (tertiary/aromatic N) is 1. The Hall–Kier alpha value is -15.7. The van der Waals surface area contributed by atoms with E-state index in [0.717, 1.165) is 0 Å². The number of rotatable bonds is 10. The maximum absolute atomic E-state index is 2.42. The van der Waals surface area contributed by atoms with Crippen LogP contribution in [-0.2, 0) is 5.41 Å². The molecular weight excluding hydrogens is 1670 g/mol. The first-order chi connectivity index (χ1) is 65.4. The molecule has 0 N–H and O–H groups in total. The molecule has 0 saturated carbocycles. The van der Waals surface area contributed by atoms with Gasteiger partial charge in [-0.15, -0.1) is 45.3 Å². The van der Waals surface area contributed by atoms with E-state index in [-0.39, 0.29) is 0 Å². The lowest BCUT2D eigenvalue weighted by molar-refractivity contribution is 0.768. The van der Waals surface area contributed by atoms with Crippen LogP contribution in [0.3, 0.4) is 0 Å². The van der Waals surface area contributed by atoms with E-state index in [0.29, 0.717) is 0 Å². The number of fused-ring (bicyclic) bond motifs is 24. The third-order valence-corrected chi connectivity index (χ3v) is 32.3. The van der Waals surface area contributed by atoms with Crippen LogP contribution in [-0.4, -0.2) is 4.57 Å². The molecule has 616 valence electrons. The summed E-state index contributed by atoms with van der Waals surface area (Å²) in [5.74, 6) is 0. The Morgan fingerprint density at radius 2 is 0.470 bits per heavy atom. The van der Waals surface area contributed by atoms with Crippen LogP contribution in [0.25, 0.3) is 230 Å². The van der Waals surface area contributed by atoms with Crippen LogP contribution in [0.4, 0.5) is 0 Å². The van der Waals surface area contributed by atoms with Crippen LogP contribution in [0.15, 0.2) is 479 Å². The van der Waals surface area contributed by atoms with Crippen molar-refractivity contribution in [1.82, 2.24) is 4.57 Å². The molecule has 5 heterocycles. The van der Waals surface area contributed by atoms with Gasteiger partial charge < -0.3 is 4.57 Å². The highest BCUT2D eigenvalue weighted by atomic mass is 32.1.